The maximum absolute atomic E-state index is 12.1. The van der Waals surface area contributed by atoms with Crippen LogP contribution in [0.25, 0.3) is 0 Å². The Morgan fingerprint density at radius 2 is 1.70 bits per heavy atom. The first kappa shape index (κ1) is 24.1. The molecule has 0 aromatic heterocycles. The van der Waals surface area contributed by atoms with Crippen molar-refractivity contribution in [2.45, 2.75) is 58.8 Å². The second-order valence-corrected chi connectivity index (χ2v) is 8.56. The predicted octanol–water partition coefficient (Wildman–Crippen LogP) is 3.93. The van der Waals surface area contributed by atoms with Crippen molar-refractivity contribution in [2.75, 3.05) is 45.8 Å². The van der Waals surface area contributed by atoms with E-state index in [1.807, 2.05) is 20.8 Å². The zero-order chi connectivity index (χ0) is 22.3. The van der Waals surface area contributed by atoms with Crippen LogP contribution in [0.3, 0.4) is 0 Å². The van der Waals surface area contributed by atoms with E-state index < -0.39 is 11.7 Å². The first-order valence-electron chi connectivity index (χ1n) is 10.4. The molecule has 2 atom stereocenters. The summed E-state index contributed by atoms with van der Waals surface area (Å²) in [6, 6.07) is 3.38. The first-order chi connectivity index (χ1) is 14.1. The largest absolute Gasteiger partial charge is 0.493 e. The molecule has 1 heterocycles. The van der Waals surface area contributed by atoms with Crippen molar-refractivity contribution >= 4 is 11.8 Å². The molecule has 2 unspecified atom stereocenters. The van der Waals surface area contributed by atoms with E-state index in [0.717, 1.165) is 26.1 Å². The van der Waals surface area contributed by atoms with Crippen molar-refractivity contribution in [3.63, 3.8) is 0 Å². The van der Waals surface area contributed by atoms with Gasteiger partial charge in [0.05, 0.1) is 38.7 Å². The molecule has 1 aliphatic heterocycles. The number of morpholine rings is 1. The minimum Gasteiger partial charge on any atom is -0.493 e. The lowest BCUT2D eigenvalue weighted by Crippen LogP contribution is -2.45. The molecule has 1 aromatic carbocycles. The van der Waals surface area contributed by atoms with Crippen molar-refractivity contribution in [1.29, 1.82) is 0 Å². The number of anilines is 1. The SMILES string of the molecule is COc1cc(NC(=O)OC(C)(C)C)cc(OC)c1OCCCN1CC(C)OC(C)C1. The molecule has 1 N–H and O–H groups in total. The Kier molecular flexibility index (Phi) is 8.61. The highest BCUT2D eigenvalue weighted by molar-refractivity contribution is 5.86. The van der Waals surface area contributed by atoms with Gasteiger partial charge in [0.2, 0.25) is 5.75 Å². The highest BCUT2D eigenvalue weighted by Crippen LogP contribution is 2.40. The van der Waals surface area contributed by atoms with Crippen LogP contribution in [-0.4, -0.2) is 69.3 Å². The zero-order valence-electron chi connectivity index (χ0n) is 19.2. The summed E-state index contributed by atoms with van der Waals surface area (Å²) in [6.45, 7) is 12.9. The quantitative estimate of drug-likeness (QED) is 0.634. The van der Waals surface area contributed by atoms with Crippen molar-refractivity contribution in [2.24, 2.45) is 0 Å². The van der Waals surface area contributed by atoms with Crippen LogP contribution in [0.2, 0.25) is 0 Å². The van der Waals surface area contributed by atoms with Gasteiger partial charge >= 0.3 is 6.09 Å². The van der Waals surface area contributed by atoms with Crippen molar-refractivity contribution in [3.05, 3.63) is 12.1 Å². The molecule has 0 radical (unpaired) electrons. The van der Waals surface area contributed by atoms with Gasteiger partial charge in [0.1, 0.15) is 5.60 Å². The molecular formula is C22H36N2O6. The van der Waals surface area contributed by atoms with Crippen LogP contribution < -0.4 is 19.5 Å². The average Bonchev–Trinajstić information content (AvgIpc) is 2.63. The third-order valence-corrected chi connectivity index (χ3v) is 4.47. The van der Waals surface area contributed by atoms with E-state index in [4.69, 9.17) is 23.7 Å². The molecule has 0 spiro atoms. The molecule has 1 fully saturated rings. The number of rotatable bonds is 8. The van der Waals surface area contributed by atoms with Gasteiger partial charge in [-0.1, -0.05) is 0 Å². The van der Waals surface area contributed by atoms with Gasteiger partial charge in [0.15, 0.2) is 11.5 Å². The van der Waals surface area contributed by atoms with Gasteiger partial charge in [-0.2, -0.15) is 0 Å². The summed E-state index contributed by atoms with van der Waals surface area (Å²) in [5, 5.41) is 2.70. The monoisotopic (exact) mass is 424 g/mol. The molecular weight excluding hydrogens is 388 g/mol. The minimum absolute atomic E-state index is 0.250. The van der Waals surface area contributed by atoms with Gasteiger partial charge in [0, 0.05) is 31.8 Å². The van der Waals surface area contributed by atoms with Crippen LogP contribution in [-0.2, 0) is 9.47 Å². The molecule has 8 heteroatoms. The second kappa shape index (κ2) is 10.7. The molecule has 30 heavy (non-hydrogen) atoms. The lowest BCUT2D eigenvalue weighted by Gasteiger charge is -2.35. The van der Waals surface area contributed by atoms with E-state index >= 15 is 0 Å². The Morgan fingerprint density at radius 3 is 2.20 bits per heavy atom. The van der Waals surface area contributed by atoms with Crippen LogP contribution in [0.4, 0.5) is 10.5 Å². The smallest absolute Gasteiger partial charge is 0.412 e. The summed E-state index contributed by atoms with van der Waals surface area (Å²) in [5.74, 6) is 1.47. The Bertz CT molecular complexity index is 668. The van der Waals surface area contributed by atoms with E-state index in [1.165, 1.54) is 0 Å². The lowest BCUT2D eigenvalue weighted by molar-refractivity contribution is -0.0686. The van der Waals surface area contributed by atoms with Crippen molar-refractivity contribution in [3.8, 4) is 17.2 Å². The van der Waals surface area contributed by atoms with Crippen LogP contribution >= 0.6 is 0 Å². The third-order valence-electron chi connectivity index (χ3n) is 4.47. The van der Waals surface area contributed by atoms with Crippen LogP contribution in [0, 0.1) is 0 Å². The van der Waals surface area contributed by atoms with E-state index in [0.29, 0.717) is 29.5 Å². The van der Waals surface area contributed by atoms with Gasteiger partial charge in [-0.15, -0.1) is 0 Å². The number of methoxy groups -OCH3 is 2. The van der Waals surface area contributed by atoms with Gasteiger partial charge in [0.25, 0.3) is 0 Å². The molecule has 1 aromatic rings. The summed E-state index contributed by atoms with van der Waals surface area (Å²) in [4.78, 5) is 14.5. The maximum Gasteiger partial charge on any atom is 0.412 e. The normalized spacial score (nSPS) is 19.8. The van der Waals surface area contributed by atoms with Crippen molar-refractivity contribution in [1.82, 2.24) is 4.90 Å². The molecule has 8 nitrogen and oxygen atoms in total. The Balaban J connectivity index is 1.97. The number of carbonyl (C=O) groups is 1. The number of nitrogens with one attached hydrogen (secondary N) is 1. The molecule has 1 saturated heterocycles. The number of ether oxygens (including phenoxy) is 5. The van der Waals surface area contributed by atoms with E-state index in [1.54, 1.807) is 26.4 Å². The Hall–Kier alpha value is -2.19. The van der Waals surface area contributed by atoms with E-state index in [2.05, 4.69) is 24.1 Å². The molecule has 0 saturated carbocycles. The van der Waals surface area contributed by atoms with Gasteiger partial charge in [-0.3, -0.25) is 10.2 Å². The number of hydrogen-bond donors (Lipinski definition) is 1. The standard InChI is InChI=1S/C22H36N2O6/c1-15-13-24(14-16(2)29-15)9-8-10-28-20-18(26-6)11-17(12-19(20)27-7)23-21(25)30-22(3,4)5/h11-12,15-16H,8-10,13-14H2,1-7H3,(H,23,25). The average molecular weight is 425 g/mol. The Morgan fingerprint density at radius 1 is 1.13 bits per heavy atom. The Labute approximate surface area is 179 Å². The summed E-state index contributed by atoms with van der Waals surface area (Å²) < 4.78 is 28.0. The number of nitrogens with zero attached hydrogens (tertiary/aromatic N) is 1. The first-order valence-corrected chi connectivity index (χ1v) is 10.4. The zero-order valence-corrected chi connectivity index (χ0v) is 19.2. The van der Waals surface area contributed by atoms with Gasteiger partial charge in [-0.05, 0) is 41.0 Å². The van der Waals surface area contributed by atoms with Crippen LogP contribution in [0.5, 0.6) is 17.2 Å². The van der Waals surface area contributed by atoms with Crippen LogP contribution in [0.1, 0.15) is 41.0 Å². The van der Waals surface area contributed by atoms with Gasteiger partial charge < -0.3 is 23.7 Å². The molecule has 1 aliphatic rings. The molecule has 0 aliphatic carbocycles. The fourth-order valence-electron chi connectivity index (χ4n) is 3.45. The highest BCUT2D eigenvalue weighted by Gasteiger charge is 2.22. The fraction of sp³-hybridized carbons (Fsp3) is 0.682. The molecule has 0 bridgehead atoms. The molecule has 1 amide bonds. The van der Waals surface area contributed by atoms with Gasteiger partial charge in [-0.25, -0.2) is 4.79 Å². The molecule has 170 valence electrons. The van der Waals surface area contributed by atoms with E-state index in [9.17, 15) is 4.79 Å². The maximum atomic E-state index is 12.1. The summed E-state index contributed by atoms with van der Waals surface area (Å²) in [6.07, 6.45) is 0.818. The predicted molar refractivity (Wildman–Crippen MR) is 116 cm³/mol. The highest BCUT2D eigenvalue weighted by atomic mass is 16.6. The summed E-state index contributed by atoms with van der Waals surface area (Å²) in [5.41, 5.74) is -0.0845. The summed E-state index contributed by atoms with van der Waals surface area (Å²) in [7, 11) is 3.10. The number of hydrogen-bond acceptors (Lipinski definition) is 7. The summed E-state index contributed by atoms with van der Waals surface area (Å²) >= 11 is 0. The number of carbonyl (C=O) groups excluding carboxylic acids is 1. The second-order valence-electron chi connectivity index (χ2n) is 8.56. The molecule has 2 rings (SSSR count). The minimum atomic E-state index is -0.586. The number of benzene rings is 1. The van der Waals surface area contributed by atoms with Crippen LogP contribution in [0.15, 0.2) is 12.1 Å². The van der Waals surface area contributed by atoms with E-state index in [-0.39, 0.29) is 12.2 Å². The van der Waals surface area contributed by atoms with Crippen molar-refractivity contribution < 1.29 is 28.5 Å². The third kappa shape index (κ3) is 7.57. The fourth-order valence-corrected chi connectivity index (χ4v) is 3.45. The number of amides is 1. The lowest BCUT2D eigenvalue weighted by atomic mass is 10.2. The topological polar surface area (TPSA) is 78.5 Å².